The number of piperazine rings is 1. The average molecular weight is 832 g/mol. The van der Waals surface area contributed by atoms with Crippen molar-refractivity contribution in [2.24, 2.45) is 0 Å². The molecule has 7 atom stereocenters. The summed E-state index contributed by atoms with van der Waals surface area (Å²) in [5, 5.41) is 27.6. The molecular formula is C43H49N3O12S. The molecule has 4 bridgehead atoms. The molecule has 3 N–H and O–H groups in total. The van der Waals surface area contributed by atoms with Gasteiger partial charge in [0.2, 0.25) is 6.79 Å². The van der Waals surface area contributed by atoms with Gasteiger partial charge in [0, 0.05) is 53.9 Å². The van der Waals surface area contributed by atoms with Crippen molar-refractivity contribution in [1.82, 2.24) is 15.1 Å². The van der Waals surface area contributed by atoms with Gasteiger partial charge in [0.05, 0.1) is 37.6 Å². The smallest absolute Gasteiger partial charge is 0.331 e. The number of aromatic hydroxyl groups is 1. The lowest BCUT2D eigenvalue weighted by atomic mass is 9.73. The molecular weight excluding hydrogens is 783 g/mol. The van der Waals surface area contributed by atoms with E-state index in [4.69, 9.17) is 33.2 Å². The molecule has 7 aliphatic rings. The molecule has 59 heavy (non-hydrogen) atoms. The number of likely N-dealkylation sites (N-methyl/N-ethyl adjacent to an activating group) is 1. The second-order valence-electron chi connectivity index (χ2n) is 16.1. The van der Waals surface area contributed by atoms with Gasteiger partial charge in [0.1, 0.15) is 18.6 Å². The molecule has 3 aromatic rings. The normalized spacial score (nSPS) is 27.8. The van der Waals surface area contributed by atoms with Crippen molar-refractivity contribution in [3.8, 4) is 40.2 Å². The van der Waals surface area contributed by atoms with Gasteiger partial charge in [0.25, 0.3) is 0 Å². The number of rotatable bonds is 6. The molecule has 1 unspecified atom stereocenters. The van der Waals surface area contributed by atoms with Gasteiger partial charge in [-0.1, -0.05) is 13.0 Å². The number of phenols is 1. The Bertz CT molecular complexity index is 2280. The van der Waals surface area contributed by atoms with E-state index in [1.54, 1.807) is 12.1 Å². The highest BCUT2D eigenvalue weighted by atomic mass is 32.2. The van der Waals surface area contributed by atoms with Crippen LogP contribution in [0.25, 0.3) is 0 Å². The van der Waals surface area contributed by atoms with E-state index < -0.39 is 53.1 Å². The van der Waals surface area contributed by atoms with Gasteiger partial charge in [-0.15, -0.1) is 11.8 Å². The molecule has 0 amide bonds. The van der Waals surface area contributed by atoms with E-state index in [2.05, 4.69) is 10.2 Å². The minimum absolute atomic E-state index is 0.0303. The Morgan fingerprint density at radius 3 is 2.51 bits per heavy atom. The summed E-state index contributed by atoms with van der Waals surface area (Å²) in [4.78, 5) is 44.7. The van der Waals surface area contributed by atoms with Crippen LogP contribution in [-0.2, 0) is 37.5 Å². The number of nitrogens with one attached hydrogen (secondary N) is 1. The van der Waals surface area contributed by atoms with E-state index in [9.17, 15) is 24.6 Å². The maximum Gasteiger partial charge on any atom is 0.331 e. The number of fused-ring (bicyclic) bond motifs is 9. The van der Waals surface area contributed by atoms with Crippen molar-refractivity contribution in [2.75, 3.05) is 47.0 Å². The van der Waals surface area contributed by atoms with Crippen molar-refractivity contribution in [2.45, 2.75) is 94.6 Å². The fourth-order valence-corrected chi connectivity index (χ4v) is 12.1. The molecule has 7 aliphatic heterocycles. The predicted octanol–water partition coefficient (Wildman–Crippen LogP) is 4.41. The fourth-order valence-electron chi connectivity index (χ4n) is 10.4. The predicted molar refractivity (Wildman–Crippen MR) is 213 cm³/mol. The van der Waals surface area contributed by atoms with E-state index in [-0.39, 0.29) is 43.0 Å². The van der Waals surface area contributed by atoms with Crippen molar-refractivity contribution >= 4 is 29.7 Å². The fraction of sp³-hybridized carbons (Fsp3) is 0.512. The summed E-state index contributed by atoms with van der Waals surface area (Å²) in [6.45, 7) is 7.10. The van der Waals surface area contributed by atoms with Crippen molar-refractivity contribution < 1.29 is 57.8 Å². The number of thioether (sulfide) groups is 1. The number of esters is 3. The Morgan fingerprint density at radius 1 is 1.00 bits per heavy atom. The number of phenolic OH excluding ortho intramolecular Hbond substituents is 1. The first-order chi connectivity index (χ1) is 28.3. The Kier molecular flexibility index (Phi) is 9.94. The van der Waals surface area contributed by atoms with Gasteiger partial charge in [-0.25, -0.2) is 4.79 Å². The molecule has 0 radical (unpaired) electrons. The third-order valence-electron chi connectivity index (χ3n) is 12.9. The summed E-state index contributed by atoms with van der Waals surface area (Å²) in [7, 11) is 4.98. The van der Waals surface area contributed by atoms with Gasteiger partial charge in [-0.2, -0.15) is 0 Å². The number of benzene rings is 3. The molecule has 0 saturated carbocycles. The lowest BCUT2D eigenvalue weighted by Crippen LogP contribution is -2.70. The van der Waals surface area contributed by atoms with Crippen LogP contribution in [0.4, 0.5) is 0 Å². The number of hydrogen-bond donors (Lipinski definition) is 3. The zero-order valence-electron chi connectivity index (χ0n) is 34.1. The molecule has 15 nitrogen and oxygen atoms in total. The second-order valence-corrected chi connectivity index (χ2v) is 17.3. The van der Waals surface area contributed by atoms with Crippen LogP contribution in [0.5, 0.6) is 40.2 Å². The zero-order chi connectivity index (χ0) is 41.7. The number of aliphatic hydroxyl groups excluding tert-OH is 1. The van der Waals surface area contributed by atoms with Gasteiger partial charge in [0.15, 0.2) is 40.0 Å². The monoisotopic (exact) mass is 831 g/mol. The molecule has 0 aliphatic carbocycles. The molecule has 2 fully saturated rings. The lowest BCUT2D eigenvalue weighted by molar-refractivity contribution is -0.186. The lowest BCUT2D eigenvalue weighted by Gasteiger charge is -2.62. The van der Waals surface area contributed by atoms with Crippen LogP contribution in [0.2, 0.25) is 0 Å². The first kappa shape index (κ1) is 39.7. The average Bonchev–Trinajstić information content (AvgIpc) is 3.70. The largest absolute Gasteiger partial charge is 0.504 e. The quantitative estimate of drug-likeness (QED) is 0.235. The number of methoxy groups -OCH3 is 2. The van der Waals surface area contributed by atoms with Crippen LogP contribution in [0.3, 0.4) is 0 Å². The van der Waals surface area contributed by atoms with Crippen molar-refractivity contribution in [1.29, 1.82) is 0 Å². The highest BCUT2D eigenvalue weighted by Gasteiger charge is 2.61. The number of ether oxygens (including phenoxy) is 7. The first-order valence-corrected chi connectivity index (χ1v) is 21.1. The third kappa shape index (κ3) is 5.88. The first-order valence-electron chi connectivity index (χ1n) is 20.0. The molecule has 314 valence electrons. The summed E-state index contributed by atoms with van der Waals surface area (Å²) < 4.78 is 42.1. The van der Waals surface area contributed by atoms with Crippen LogP contribution in [0, 0.1) is 13.8 Å². The third-order valence-corrected chi connectivity index (χ3v) is 14.4. The van der Waals surface area contributed by atoms with Crippen LogP contribution in [-0.4, -0.2) is 103 Å². The molecule has 3 aromatic carbocycles. The van der Waals surface area contributed by atoms with Crippen molar-refractivity contribution in [3.05, 3.63) is 62.7 Å². The van der Waals surface area contributed by atoms with Crippen LogP contribution in [0.15, 0.2) is 18.2 Å². The summed E-state index contributed by atoms with van der Waals surface area (Å²) >= 11 is 1.46. The standard InChI is InChI=1S/C43H49N3O12S/c1-8-9-29(48)58-28-14-22-10-11-44-43(24(22)15-27(28)52-6)17-59-40-32-31(39-38(55-18-56-39)20(3)37(32)57-21(4)47)26(16-54-42(43)51)46-34(40)33-30-23(13-25(41(46)50)45(33)5)12-19(2)36(53-7)35(30)49/h12,14-15,25-26,33-34,40-41,44,49-50H,8-11,13,16-18H2,1-7H3/t25-,26-,33+,34?,40+,41-,43+/m0/s1. The van der Waals surface area contributed by atoms with Gasteiger partial charge < -0.3 is 43.4 Å². The summed E-state index contributed by atoms with van der Waals surface area (Å²) in [6.07, 6.45) is 0.787. The second kappa shape index (κ2) is 14.8. The number of carbonyl (C=O) groups is 3. The van der Waals surface area contributed by atoms with E-state index >= 15 is 0 Å². The topological polar surface area (TPSA) is 175 Å². The van der Waals surface area contributed by atoms with E-state index in [0.29, 0.717) is 82.4 Å². The Morgan fingerprint density at radius 2 is 1.78 bits per heavy atom. The Labute approximate surface area is 346 Å². The van der Waals surface area contributed by atoms with Gasteiger partial charge in [-0.05, 0) is 74.5 Å². The van der Waals surface area contributed by atoms with E-state index in [0.717, 1.165) is 16.7 Å². The number of carbonyl (C=O) groups excluding carboxylic acids is 3. The molecule has 16 heteroatoms. The summed E-state index contributed by atoms with van der Waals surface area (Å²) in [5.41, 5.74) is 4.26. The number of nitrogens with zero attached hydrogens (tertiary/aromatic N) is 2. The number of aryl methyl sites for hydroxylation is 1. The molecule has 10 rings (SSSR count). The molecule has 7 heterocycles. The Hall–Kier alpha value is -4.74. The highest BCUT2D eigenvalue weighted by Crippen LogP contribution is 2.64. The van der Waals surface area contributed by atoms with Crippen LogP contribution in [0.1, 0.15) is 88.5 Å². The molecule has 2 saturated heterocycles. The number of aliphatic hydroxyl groups is 1. The molecule has 0 aromatic heterocycles. The molecule has 1 spiro atoms. The summed E-state index contributed by atoms with van der Waals surface area (Å²) in [6, 6.07) is 3.24. The van der Waals surface area contributed by atoms with E-state index in [1.807, 2.05) is 38.8 Å². The Balaban J connectivity index is 1.27. The maximum atomic E-state index is 14.9. The van der Waals surface area contributed by atoms with Gasteiger partial charge in [-0.3, -0.25) is 24.7 Å². The van der Waals surface area contributed by atoms with Crippen LogP contribution >= 0.6 is 11.8 Å². The summed E-state index contributed by atoms with van der Waals surface area (Å²) in [5.74, 6) is 0.844. The highest BCUT2D eigenvalue weighted by molar-refractivity contribution is 7.99. The minimum Gasteiger partial charge on any atom is -0.504 e. The minimum atomic E-state index is -1.40. The SMILES string of the molecule is CCCC(=O)Oc1cc2c(cc1OC)[C@@]1(CS[C@@H]3c4c(OC(C)=O)c(C)c5c(c4[C@H](COC1=O)N1C3[C@H]3c4c(cc(C)c(OC)c4O)C[C@@H]([C@@H]1O)N3C)OCO5)NCC2. The number of hydrogen-bond acceptors (Lipinski definition) is 16. The zero-order valence-corrected chi connectivity index (χ0v) is 34.9. The maximum absolute atomic E-state index is 14.9. The van der Waals surface area contributed by atoms with Crippen molar-refractivity contribution in [3.63, 3.8) is 0 Å². The van der Waals surface area contributed by atoms with Gasteiger partial charge >= 0.3 is 17.9 Å². The van der Waals surface area contributed by atoms with E-state index in [1.165, 1.54) is 32.9 Å². The van der Waals surface area contributed by atoms with Crippen LogP contribution < -0.4 is 33.7 Å².